The molecule has 31 heavy (non-hydrogen) atoms. The second-order valence-corrected chi connectivity index (χ2v) is 9.59. The maximum atomic E-state index is 13.1. The molecule has 0 spiro atoms. The van der Waals surface area contributed by atoms with Crippen LogP contribution in [0.5, 0.6) is 11.5 Å². The lowest BCUT2D eigenvalue weighted by atomic mass is 9.88. The molecule has 6 nitrogen and oxygen atoms in total. The van der Waals surface area contributed by atoms with Crippen LogP contribution in [-0.2, 0) is 17.8 Å². The van der Waals surface area contributed by atoms with Crippen molar-refractivity contribution in [2.24, 2.45) is 5.92 Å². The minimum atomic E-state index is -0.148. The number of hydrogen-bond donors (Lipinski definition) is 0. The second-order valence-electron chi connectivity index (χ2n) is 8.59. The molecule has 1 unspecified atom stereocenters. The van der Waals surface area contributed by atoms with Gasteiger partial charge in [-0.2, -0.15) is 0 Å². The van der Waals surface area contributed by atoms with E-state index in [1.54, 1.807) is 11.3 Å². The molecule has 0 radical (unpaired) electrons. The Balaban J connectivity index is 1.17. The number of nitrogens with zero attached hydrogens (tertiary/aromatic N) is 2. The Kier molecular flexibility index (Phi) is 5.71. The van der Waals surface area contributed by atoms with Gasteiger partial charge in [0.1, 0.15) is 13.2 Å². The molecule has 3 aliphatic heterocycles. The number of ether oxygens (including phenoxy) is 2. The Hall–Kier alpha value is -2.38. The molecule has 2 aromatic rings. The third-order valence-electron chi connectivity index (χ3n) is 6.75. The van der Waals surface area contributed by atoms with Crippen molar-refractivity contribution in [3.8, 4) is 11.5 Å². The van der Waals surface area contributed by atoms with Crippen LogP contribution in [0.1, 0.15) is 40.6 Å². The van der Waals surface area contributed by atoms with Gasteiger partial charge in [-0.25, -0.2) is 0 Å². The fourth-order valence-corrected chi connectivity index (χ4v) is 5.73. The minimum Gasteiger partial charge on any atom is -0.486 e. The molecule has 1 aromatic carbocycles. The Labute approximate surface area is 186 Å². The molecule has 0 N–H and O–H groups in total. The van der Waals surface area contributed by atoms with Gasteiger partial charge in [0.05, 0.1) is 6.04 Å². The predicted molar refractivity (Wildman–Crippen MR) is 119 cm³/mol. The molecule has 1 aromatic heterocycles. The van der Waals surface area contributed by atoms with E-state index < -0.39 is 0 Å². The van der Waals surface area contributed by atoms with E-state index in [9.17, 15) is 9.59 Å². The van der Waals surface area contributed by atoms with E-state index in [1.165, 1.54) is 10.4 Å². The van der Waals surface area contributed by atoms with Crippen LogP contribution in [0.4, 0.5) is 0 Å². The van der Waals surface area contributed by atoms with Crippen molar-refractivity contribution >= 4 is 23.0 Å². The number of thiophene rings is 1. The molecule has 7 heteroatoms. The van der Waals surface area contributed by atoms with Crippen LogP contribution in [0.2, 0.25) is 0 Å². The van der Waals surface area contributed by atoms with Crippen molar-refractivity contribution in [2.75, 3.05) is 32.8 Å². The van der Waals surface area contributed by atoms with Crippen LogP contribution < -0.4 is 9.47 Å². The molecule has 3 aliphatic rings. The number of benzene rings is 1. The van der Waals surface area contributed by atoms with Crippen molar-refractivity contribution in [3.63, 3.8) is 0 Å². The summed E-state index contributed by atoms with van der Waals surface area (Å²) < 4.78 is 11.2. The number of amides is 1. The van der Waals surface area contributed by atoms with Crippen molar-refractivity contribution in [3.05, 3.63) is 45.6 Å². The topological polar surface area (TPSA) is 59.1 Å². The summed E-state index contributed by atoms with van der Waals surface area (Å²) in [7, 11) is 0. The summed E-state index contributed by atoms with van der Waals surface area (Å²) in [4.78, 5) is 31.8. The van der Waals surface area contributed by atoms with E-state index >= 15 is 0 Å². The van der Waals surface area contributed by atoms with E-state index in [0.29, 0.717) is 30.3 Å². The third kappa shape index (κ3) is 4.08. The first-order valence-corrected chi connectivity index (χ1v) is 12.0. The molecular weight excluding hydrogens is 412 g/mol. The van der Waals surface area contributed by atoms with Crippen LogP contribution in [0.25, 0.3) is 0 Å². The number of rotatable bonds is 4. The molecule has 4 heterocycles. The number of ketones is 1. The zero-order valence-corrected chi connectivity index (χ0v) is 18.7. The van der Waals surface area contributed by atoms with Gasteiger partial charge in [0.2, 0.25) is 5.91 Å². The number of likely N-dealkylation sites (tertiary alicyclic amines) is 1. The average molecular weight is 441 g/mol. The molecule has 0 aliphatic carbocycles. The highest BCUT2D eigenvalue weighted by Crippen LogP contribution is 2.33. The summed E-state index contributed by atoms with van der Waals surface area (Å²) in [6.45, 7) is 6.13. The van der Waals surface area contributed by atoms with Crippen molar-refractivity contribution < 1.29 is 19.1 Å². The average Bonchev–Trinajstić information content (AvgIpc) is 3.30. The number of carbonyl (C=O) groups excluding carboxylic acids is 2. The van der Waals surface area contributed by atoms with E-state index in [4.69, 9.17) is 9.47 Å². The molecular formula is C24H28N2O4S. The lowest BCUT2D eigenvalue weighted by Crippen LogP contribution is -2.51. The van der Waals surface area contributed by atoms with Crippen molar-refractivity contribution in [1.82, 2.24) is 9.80 Å². The zero-order valence-electron chi connectivity index (χ0n) is 17.8. The summed E-state index contributed by atoms with van der Waals surface area (Å²) in [5, 5.41) is 2.12. The van der Waals surface area contributed by atoms with Gasteiger partial charge in [0, 0.05) is 29.4 Å². The second kappa shape index (κ2) is 8.63. The predicted octanol–water partition coefficient (Wildman–Crippen LogP) is 3.39. The maximum absolute atomic E-state index is 13.1. The molecule has 1 fully saturated rings. The zero-order chi connectivity index (χ0) is 21.4. The van der Waals surface area contributed by atoms with Gasteiger partial charge in [-0.05, 0) is 74.5 Å². The molecule has 1 atom stereocenters. The van der Waals surface area contributed by atoms with Crippen LogP contribution in [0.15, 0.2) is 29.6 Å². The quantitative estimate of drug-likeness (QED) is 0.682. The summed E-state index contributed by atoms with van der Waals surface area (Å²) in [5.41, 5.74) is 1.98. The number of hydrogen-bond acceptors (Lipinski definition) is 6. The van der Waals surface area contributed by atoms with Gasteiger partial charge in [0.15, 0.2) is 17.3 Å². The van der Waals surface area contributed by atoms with Gasteiger partial charge >= 0.3 is 0 Å². The number of fused-ring (bicyclic) bond motifs is 2. The molecule has 1 saturated heterocycles. The molecule has 5 rings (SSSR count). The Morgan fingerprint density at radius 3 is 2.65 bits per heavy atom. The third-order valence-corrected chi connectivity index (χ3v) is 7.77. The standard InChI is InChI=1S/C24H28N2O4S/c1-16(24(28)26-10-6-22-19(15-26)7-13-31-22)25-8-4-17(5-9-25)23(27)18-2-3-20-21(14-18)30-12-11-29-20/h2-3,7,13-14,16-17H,4-6,8-12,15H2,1H3. The van der Waals surface area contributed by atoms with Gasteiger partial charge in [-0.15, -0.1) is 11.3 Å². The highest BCUT2D eigenvalue weighted by atomic mass is 32.1. The number of piperidine rings is 1. The normalized spacial score (nSPS) is 20.2. The number of Topliss-reactive ketones (excluding diaryl/α,β-unsaturated/α-hetero) is 1. The molecule has 164 valence electrons. The van der Waals surface area contributed by atoms with Crippen LogP contribution in [0.3, 0.4) is 0 Å². The first-order valence-electron chi connectivity index (χ1n) is 11.1. The summed E-state index contributed by atoms with van der Waals surface area (Å²) >= 11 is 1.79. The molecule has 0 saturated carbocycles. The van der Waals surface area contributed by atoms with Gasteiger partial charge in [-0.3, -0.25) is 14.5 Å². The smallest absolute Gasteiger partial charge is 0.239 e. The van der Waals surface area contributed by atoms with Crippen LogP contribution >= 0.6 is 11.3 Å². The van der Waals surface area contributed by atoms with E-state index in [0.717, 1.165) is 45.4 Å². The van der Waals surface area contributed by atoms with Crippen molar-refractivity contribution in [2.45, 2.75) is 38.8 Å². The van der Waals surface area contributed by atoms with E-state index in [2.05, 4.69) is 16.3 Å². The highest BCUT2D eigenvalue weighted by molar-refractivity contribution is 7.10. The van der Waals surface area contributed by atoms with E-state index in [1.807, 2.05) is 30.0 Å². The molecule has 1 amide bonds. The minimum absolute atomic E-state index is 0.00976. The Morgan fingerprint density at radius 1 is 1.06 bits per heavy atom. The summed E-state index contributed by atoms with van der Waals surface area (Å²) in [6, 6.07) is 7.47. The summed E-state index contributed by atoms with van der Waals surface area (Å²) in [5.74, 6) is 1.72. The van der Waals surface area contributed by atoms with Crippen LogP contribution in [-0.4, -0.2) is 60.4 Å². The Bertz CT molecular complexity index is 980. The first kappa shape index (κ1) is 20.5. The van der Waals surface area contributed by atoms with Crippen molar-refractivity contribution in [1.29, 1.82) is 0 Å². The maximum Gasteiger partial charge on any atom is 0.239 e. The van der Waals surface area contributed by atoms with Crippen LogP contribution in [0, 0.1) is 5.92 Å². The lowest BCUT2D eigenvalue weighted by molar-refractivity contribution is -0.137. The summed E-state index contributed by atoms with van der Waals surface area (Å²) in [6.07, 6.45) is 2.51. The number of carbonyl (C=O) groups is 2. The highest BCUT2D eigenvalue weighted by Gasteiger charge is 2.33. The fraction of sp³-hybridized carbons (Fsp3) is 0.500. The Morgan fingerprint density at radius 2 is 1.84 bits per heavy atom. The molecule has 0 bridgehead atoms. The van der Waals surface area contributed by atoms with Gasteiger partial charge < -0.3 is 14.4 Å². The first-order chi connectivity index (χ1) is 15.1. The SMILES string of the molecule is CC(C(=O)N1CCc2sccc2C1)N1CCC(C(=O)c2ccc3c(c2)OCCO3)CC1. The van der Waals surface area contributed by atoms with Gasteiger partial charge in [0.25, 0.3) is 0 Å². The lowest BCUT2D eigenvalue weighted by Gasteiger charge is -2.38. The van der Waals surface area contributed by atoms with Gasteiger partial charge in [-0.1, -0.05) is 0 Å². The fourth-order valence-electron chi connectivity index (χ4n) is 4.84. The largest absolute Gasteiger partial charge is 0.486 e. The monoisotopic (exact) mass is 440 g/mol. The van der Waals surface area contributed by atoms with E-state index in [-0.39, 0.29) is 23.7 Å².